The fourth-order valence-electron chi connectivity index (χ4n) is 2.35. The lowest BCUT2D eigenvalue weighted by atomic mass is 10.00. The lowest BCUT2D eigenvalue weighted by Crippen LogP contribution is -2.30. The Morgan fingerprint density at radius 2 is 2.25 bits per heavy atom. The lowest BCUT2D eigenvalue weighted by Gasteiger charge is -2.32. The van der Waals surface area contributed by atoms with E-state index >= 15 is 0 Å². The standard InChI is InChI=1S/C11H17N3O2/c1-13-6-4-3-5-9(13)10-7-8(11(15)16)12-14(10)2/h7,9H,3-6H2,1-2H3,(H,15,16). The molecule has 2 rings (SSSR count). The van der Waals surface area contributed by atoms with Crippen LogP contribution in [0.15, 0.2) is 6.07 Å². The highest BCUT2D eigenvalue weighted by molar-refractivity contribution is 5.85. The second kappa shape index (κ2) is 4.25. The van der Waals surface area contributed by atoms with Gasteiger partial charge in [-0.1, -0.05) is 6.42 Å². The van der Waals surface area contributed by atoms with Crippen LogP contribution >= 0.6 is 0 Å². The Bertz CT molecular complexity index is 400. The molecule has 0 aliphatic carbocycles. The van der Waals surface area contributed by atoms with Crippen LogP contribution in [-0.4, -0.2) is 39.3 Å². The first-order valence-corrected chi connectivity index (χ1v) is 5.57. The third kappa shape index (κ3) is 1.95. The number of nitrogens with zero attached hydrogens (tertiary/aromatic N) is 3. The summed E-state index contributed by atoms with van der Waals surface area (Å²) in [6.07, 6.45) is 3.49. The lowest BCUT2D eigenvalue weighted by molar-refractivity contribution is 0.0689. The van der Waals surface area contributed by atoms with Crippen molar-refractivity contribution in [3.63, 3.8) is 0 Å². The van der Waals surface area contributed by atoms with Gasteiger partial charge in [0.15, 0.2) is 5.69 Å². The number of rotatable bonds is 2. The number of carboxylic acids is 1. The number of carbonyl (C=O) groups is 1. The van der Waals surface area contributed by atoms with Crippen molar-refractivity contribution in [2.24, 2.45) is 7.05 Å². The van der Waals surface area contributed by atoms with Gasteiger partial charge in [-0.3, -0.25) is 9.58 Å². The maximum absolute atomic E-state index is 10.8. The van der Waals surface area contributed by atoms with Crippen molar-refractivity contribution in [2.45, 2.75) is 25.3 Å². The molecule has 1 saturated heterocycles. The van der Waals surface area contributed by atoms with Crippen LogP contribution in [0, 0.1) is 0 Å². The molecule has 0 spiro atoms. The Labute approximate surface area is 94.7 Å². The molecule has 0 radical (unpaired) electrons. The molecule has 0 aromatic carbocycles. The van der Waals surface area contributed by atoms with Crippen molar-refractivity contribution in [1.82, 2.24) is 14.7 Å². The molecule has 5 nitrogen and oxygen atoms in total. The zero-order chi connectivity index (χ0) is 11.7. The van der Waals surface area contributed by atoms with E-state index in [0.29, 0.717) is 6.04 Å². The van der Waals surface area contributed by atoms with Gasteiger partial charge in [0, 0.05) is 7.05 Å². The molecular formula is C11H17N3O2. The zero-order valence-corrected chi connectivity index (χ0v) is 9.68. The van der Waals surface area contributed by atoms with E-state index in [9.17, 15) is 4.79 Å². The van der Waals surface area contributed by atoms with E-state index in [2.05, 4.69) is 17.0 Å². The highest BCUT2D eigenvalue weighted by atomic mass is 16.4. The van der Waals surface area contributed by atoms with Gasteiger partial charge < -0.3 is 5.11 Å². The Morgan fingerprint density at radius 1 is 1.50 bits per heavy atom. The number of carboxylic acid groups (broad SMARTS) is 1. The summed E-state index contributed by atoms with van der Waals surface area (Å²) in [4.78, 5) is 13.1. The SMILES string of the molecule is CN1CCCCC1c1cc(C(=O)O)nn1C. The van der Waals surface area contributed by atoms with E-state index in [4.69, 9.17) is 5.11 Å². The van der Waals surface area contributed by atoms with Crippen LogP contribution < -0.4 is 0 Å². The monoisotopic (exact) mass is 223 g/mol. The second-order valence-electron chi connectivity index (χ2n) is 4.38. The number of aryl methyl sites for hydroxylation is 1. The molecule has 1 aromatic heterocycles. The van der Waals surface area contributed by atoms with Gasteiger partial charge in [0.25, 0.3) is 0 Å². The molecule has 1 N–H and O–H groups in total. The van der Waals surface area contributed by atoms with Crippen LogP contribution in [0.25, 0.3) is 0 Å². The number of hydrogen-bond donors (Lipinski definition) is 1. The molecule has 16 heavy (non-hydrogen) atoms. The van der Waals surface area contributed by atoms with E-state index < -0.39 is 5.97 Å². The Balaban J connectivity index is 2.28. The van der Waals surface area contributed by atoms with Gasteiger partial charge in [0.2, 0.25) is 0 Å². The fourth-order valence-corrected chi connectivity index (χ4v) is 2.35. The number of aromatic carboxylic acids is 1. The van der Waals surface area contributed by atoms with Gasteiger partial charge >= 0.3 is 5.97 Å². The molecular weight excluding hydrogens is 206 g/mol. The van der Waals surface area contributed by atoms with E-state index in [1.54, 1.807) is 10.7 Å². The van der Waals surface area contributed by atoms with Gasteiger partial charge in [0.1, 0.15) is 0 Å². The molecule has 1 aliphatic rings. The van der Waals surface area contributed by atoms with Crippen LogP contribution in [0.1, 0.15) is 41.5 Å². The third-order valence-electron chi connectivity index (χ3n) is 3.25. The minimum absolute atomic E-state index is 0.136. The Kier molecular flexibility index (Phi) is 2.96. The molecule has 5 heteroatoms. The van der Waals surface area contributed by atoms with Gasteiger partial charge in [-0.2, -0.15) is 5.10 Å². The maximum atomic E-state index is 10.8. The number of aromatic nitrogens is 2. The first-order chi connectivity index (χ1) is 7.59. The number of hydrogen-bond acceptors (Lipinski definition) is 3. The molecule has 0 amide bonds. The first-order valence-electron chi connectivity index (χ1n) is 5.57. The van der Waals surface area contributed by atoms with Crippen molar-refractivity contribution in [2.75, 3.05) is 13.6 Å². The average molecular weight is 223 g/mol. The largest absolute Gasteiger partial charge is 0.476 e. The van der Waals surface area contributed by atoms with Gasteiger partial charge in [-0.25, -0.2) is 4.79 Å². The molecule has 0 saturated carbocycles. The van der Waals surface area contributed by atoms with Crippen molar-refractivity contribution < 1.29 is 9.90 Å². The van der Waals surface area contributed by atoms with Gasteiger partial charge in [-0.15, -0.1) is 0 Å². The minimum Gasteiger partial charge on any atom is -0.476 e. The molecule has 1 aromatic rings. The highest BCUT2D eigenvalue weighted by Crippen LogP contribution is 2.29. The topological polar surface area (TPSA) is 58.4 Å². The van der Waals surface area contributed by atoms with Crippen molar-refractivity contribution in [3.8, 4) is 0 Å². The Hall–Kier alpha value is -1.36. The summed E-state index contributed by atoms with van der Waals surface area (Å²) in [6.45, 7) is 1.07. The van der Waals surface area contributed by atoms with Crippen molar-refractivity contribution in [3.05, 3.63) is 17.5 Å². The highest BCUT2D eigenvalue weighted by Gasteiger charge is 2.25. The summed E-state index contributed by atoms with van der Waals surface area (Å²) in [5.41, 5.74) is 1.14. The molecule has 1 unspecified atom stereocenters. The molecule has 1 aliphatic heterocycles. The summed E-state index contributed by atoms with van der Waals surface area (Å²) < 4.78 is 1.69. The summed E-state index contributed by atoms with van der Waals surface area (Å²) in [5, 5.41) is 12.9. The zero-order valence-electron chi connectivity index (χ0n) is 9.68. The van der Waals surface area contributed by atoms with Crippen molar-refractivity contribution in [1.29, 1.82) is 0 Å². The van der Waals surface area contributed by atoms with Crippen molar-refractivity contribution >= 4 is 5.97 Å². The minimum atomic E-state index is -0.958. The molecule has 1 atom stereocenters. The van der Waals surface area contributed by atoms with E-state index in [1.807, 2.05) is 7.05 Å². The Morgan fingerprint density at radius 3 is 2.81 bits per heavy atom. The maximum Gasteiger partial charge on any atom is 0.356 e. The van der Waals surface area contributed by atoms with E-state index in [-0.39, 0.29) is 5.69 Å². The van der Waals surface area contributed by atoms with E-state index in [0.717, 1.165) is 18.7 Å². The van der Waals surface area contributed by atoms with Crippen LogP contribution in [-0.2, 0) is 7.05 Å². The van der Waals surface area contributed by atoms with Crippen LogP contribution in [0.4, 0.5) is 0 Å². The fraction of sp³-hybridized carbons (Fsp3) is 0.636. The first kappa shape index (κ1) is 11.1. The molecule has 88 valence electrons. The number of likely N-dealkylation sites (tertiary alicyclic amines) is 1. The predicted octanol–water partition coefficient (Wildman–Crippen LogP) is 1.28. The molecule has 2 heterocycles. The summed E-state index contributed by atoms with van der Waals surface area (Å²) in [6, 6.07) is 1.99. The molecule has 1 fully saturated rings. The van der Waals surface area contributed by atoms with E-state index in [1.165, 1.54) is 12.8 Å². The van der Waals surface area contributed by atoms with Crippen LogP contribution in [0.5, 0.6) is 0 Å². The normalized spacial score (nSPS) is 22.2. The van der Waals surface area contributed by atoms with Gasteiger partial charge in [-0.05, 0) is 32.5 Å². The summed E-state index contributed by atoms with van der Waals surface area (Å²) in [5.74, 6) is -0.958. The number of piperidine rings is 1. The summed E-state index contributed by atoms with van der Waals surface area (Å²) in [7, 11) is 3.89. The van der Waals surface area contributed by atoms with Crippen LogP contribution in [0.3, 0.4) is 0 Å². The van der Waals surface area contributed by atoms with Gasteiger partial charge in [0.05, 0.1) is 11.7 Å². The quantitative estimate of drug-likeness (QED) is 0.820. The average Bonchev–Trinajstić information content (AvgIpc) is 2.61. The third-order valence-corrected chi connectivity index (χ3v) is 3.25. The smallest absolute Gasteiger partial charge is 0.356 e. The predicted molar refractivity (Wildman–Crippen MR) is 59.4 cm³/mol. The van der Waals surface area contributed by atoms with Crippen LogP contribution in [0.2, 0.25) is 0 Å². The second-order valence-corrected chi connectivity index (χ2v) is 4.38. The summed E-state index contributed by atoms with van der Waals surface area (Å²) >= 11 is 0. The molecule has 0 bridgehead atoms.